The maximum atomic E-state index is 13.5. The summed E-state index contributed by atoms with van der Waals surface area (Å²) in [6, 6.07) is 9.74. The molecule has 10 heteroatoms. The molecule has 0 unspecified atom stereocenters. The summed E-state index contributed by atoms with van der Waals surface area (Å²) in [5.74, 6) is -0.00615. The number of pyridine rings is 1. The highest BCUT2D eigenvalue weighted by Crippen LogP contribution is 2.40. The van der Waals surface area contributed by atoms with Crippen LogP contribution in [0.15, 0.2) is 48.7 Å². The first-order valence-corrected chi connectivity index (χ1v) is 10.8. The lowest BCUT2D eigenvalue weighted by Gasteiger charge is -2.12. The molecular formula is C23H18ClF4N5. The number of hydrogen-bond donors (Lipinski definition) is 1. The van der Waals surface area contributed by atoms with Crippen molar-refractivity contribution in [2.24, 2.45) is 0 Å². The molecule has 1 aliphatic carbocycles. The van der Waals surface area contributed by atoms with Crippen LogP contribution in [0.25, 0.3) is 28.0 Å². The number of nitrogens with zero attached hydrogens (tertiary/aromatic N) is 4. The van der Waals surface area contributed by atoms with E-state index in [4.69, 9.17) is 11.6 Å². The Bertz CT molecular complexity index is 1310. The van der Waals surface area contributed by atoms with Gasteiger partial charge in [0.2, 0.25) is 5.95 Å². The molecule has 33 heavy (non-hydrogen) atoms. The highest BCUT2D eigenvalue weighted by Gasteiger charge is 2.35. The second-order valence-electron chi connectivity index (χ2n) is 7.95. The van der Waals surface area contributed by atoms with Crippen molar-refractivity contribution in [2.45, 2.75) is 37.9 Å². The van der Waals surface area contributed by atoms with Gasteiger partial charge in [-0.25, -0.2) is 18.9 Å². The summed E-state index contributed by atoms with van der Waals surface area (Å²) in [6.07, 6.45) is 1.28. The minimum atomic E-state index is -4.64. The van der Waals surface area contributed by atoms with Crippen LogP contribution in [0.4, 0.5) is 23.5 Å². The lowest BCUT2D eigenvalue weighted by molar-refractivity contribution is -0.137. The molecule has 0 spiro atoms. The highest BCUT2D eigenvalue weighted by atomic mass is 35.5. The molecule has 170 valence electrons. The first kappa shape index (κ1) is 21.6. The highest BCUT2D eigenvalue weighted by molar-refractivity contribution is 6.30. The van der Waals surface area contributed by atoms with Crippen LogP contribution in [0, 0.1) is 5.82 Å². The molecule has 1 saturated carbocycles. The van der Waals surface area contributed by atoms with Crippen LogP contribution in [0.2, 0.25) is 5.15 Å². The smallest absolute Gasteiger partial charge is 0.351 e. The Morgan fingerprint density at radius 2 is 1.73 bits per heavy atom. The van der Waals surface area contributed by atoms with E-state index in [2.05, 4.69) is 20.4 Å². The Morgan fingerprint density at radius 1 is 1.00 bits per heavy atom. The molecule has 0 bridgehead atoms. The van der Waals surface area contributed by atoms with Crippen molar-refractivity contribution in [3.63, 3.8) is 0 Å². The fraction of sp³-hybridized carbons (Fsp3) is 0.261. The predicted molar refractivity (Wildman–Crippen MR) is 118 cm³/mol. The zero-order chi connectivity index (χ0) is 23.2. The first-order chi connectivity index (χ1) is 15.8. The van der Waals surface area contributed by atoms with Gasteiger partial charge in [-0.05, 0) is 55.3 Å². The standard InChI is InChI=1S/C23H18ClF4N5/c24-21-16(23(26,27)28)9-10-18-19(20(32-33(18)21)13-5-7-14(25)8-6-13)17-11-12-29-22(31-17)30-15-3-1-2-4-15/h5-12,15H,1-4H2,(H,29,30,31). The molecule has 1 aliphatic rings. The average molecular weight is 476 g/mol. The summed E-state index contributed by atoms with van der Waals surface area (Å²) >= 11 is 6.13. The van der Waals surface area contributed by atoms with E-state index in [1.165, 1.54) is 30.3 Å². The van der Waals surface area contributed by atoms with Crippen LogP contribution in [-0.4, -0.2) is 25.6 Å². The van der Waals surface area contributed by atoms with Crippen LogP contribution >= 0.6 is 11.6 Å². The van der Waals surface area contributed by atoms with E-state index in [-0.39, 0.29) is 6.04 Å². The van der Waals surface area contributed by atoms with Crippen molar-refractivity contribution >= 4 is 23.1 Å². The van der Waals surface area contributed by atoms with E-state index in [1.807, 2.05) is 0 Å². The molecule has 0 amide bonds. The van der Waals surface area contributed by atoms with Crippen LogP contribution < -0.4 is 5.32 Å². The first-order valence-electron chi connectivity index (χ1n) is 10.5. The number of nitrogens with one attached hydrogen (secondary N) is 1. The predicted octanol–water partition coefficient (Wildman–Crippen LogP) is 6.62. The quantitative estimate of drug-likeness (QED) is 0.266. The number of fused-ring (bicyclic) bond motifs is 1. The zero-order valence-corrected chi connectivity index (χ0v) is 18.0. The van der Waals surface area contributed by atoms with Gasteiger partial charge in [0, 0.05) is 17.8 Å². The van der Waals surface area contributed by atoms with Crippen molar-refractivity contribution in [1.29, 1.82) is 0 Å². The van der Waals surface area contributed by atoms with Crippen LogP contribution in [0.5, 0.6) is 0 Å². The molecule has 4 aromatic rings. The lowest BCUT2D eigenvalue weighted by Crippen LogP contribution is -2.16. The summed E-state index contributed by atoms with van der Waals surface area (Å²) in [5.41, 5.74) is 1.15. The van der Waals surface area contributed by atoms with Crippen LogP contribution in [-0.2, 0) is 6.18 Å². The molecule has 0 aliphatic heterocycles. The number of benzene rings is 1. The number of halogens is 5. The summed E-state index contributed by atoms with van der Waals surface area (Å²) in [4.78, 5) is 8.92. The lowest BCUT2D eigenvalue weighted by atomic mass is 10.0. The molecule has 1 fully saturated rings. The van der Waals surface area contributed by atoms with Crippen molar-refractivity contribution < 1.29 is 17.6 Å². The third kappa shape index (κ3) is 4.13. The minimum absolute atomic E-state index is 0.282. The molecule has 0 saturated heterocycles. The van der Waals surface area contributed by atoms with E-state index >= 15 is 0 Å². The van der Waals surface area contributed by atoms with E-state index in [9.17, 15) is 17.6 Å². The minimum Gasteiger partial charge on any atom is -0.351 e. The number of alkyl halides is 3. The average Bonchev–Trinajstić information content (AvgIpc) is 3.42. The van der Waals surface area contributed by atoms with Gasteiger partial charge in [0.05, 0.1) is 22.3 Å². The van der Waals surface area contributed by atoms with E-state index in [1.54, 1.807) is 12.3 Å². The molecule has 1 aromatic carbocycles. The second kappa shape index (κ2) is 8.30. The van der Waals surface area contributed by atoms with E-state index in [0.29, 0.717) is 34.0 Å². The third-order valence-electron chi connectivity index (χ3n) is 5.76. The molecule has 3 heterocycles. The van der Waals surface area contributed by atoms with Crippen LogP contribution in [0.3, 0.4) is 0 Å². The Morgan fingerprint density at radius 3 is 2.42 bits per heavy atom. The molecule has 3 aromatic heterocycles. The fourth-order valence-corrected chi connectivity index (χ4v) is 4.47. The Labute approximate surface area is 191 Å². The Kier molecular flexibility index (Phi) is 5.44. The number of rotatable bonds is 4. The van der Waals surface area contributed by atoms with Gasteiger partial charge >= 0.3 is 6.18 Å². The van der Waals surface area contributed by atoms with Gasteiger partial charge in [0.1, 0.15) is 16.7 Å². The topological polar surface area (TPSA) is 55.1 Å². The van der Waals surface area contributed by atoms with Gasteiger partial charge in [-0.3, -0.25) is 0 Å². The van der Waals surface area contributed by atoms with Gasteiger partial charge in [-0.1, -0.05) is 24.4 Å². The van der Waals surface area contributed by atoms with Crippen molar-refractivity contribution in [2.75, 3.05) is 5.32 Å². The largest absolute Gasteiger partial charge is 0.419 e. The molecule has 5 rings (SSSR count). The summed E-state index contributed by atoms with van der Waals surface area (Å²) in [7, 11) is 0. The molecule has 0 radical (unpaired) electrons. The normalized spacial score (nSPS) is 14.8. The van der Waals surface area contributed by atoms with Gasteiger partial charge in [-0.15, -0.1) is 0 Å². The number of hydrogen-bond acceptors (Lipinski definition) is 4. The molecule has 5 nitrogen and oxygen atoms in total. The van der Waals surface area contributed by atoms with Gasteiger partial charge < -0.3 is 5.32 Å². The van der Waals surface area contributed by atoms with E-state index < -0.39 is 22.7 Å². The number of aromatic nitrogens is 4. The molecular weight excluding hydrogens is 458 g/mol. The second-order valence-corrected chi connectivity index (χ2v) is 8.31. The SMILES string of the molecule is Fc1ccc(-c2nn3c(Cl)c(C(F)(F)F)ccc3c2-c2ccnc(NC3CCCC3)n2)cc1. The zero-order valence-electron chi connectivity index (χ0n) is 17.2. The molecule has 0 atom stereocenters. The van der Waals surface area contributed by atoms with Crippen molar-refractivity contribution in [3.05, 3.63) is 65.2 Å². The van der Waals surface area contributed by atoms with Crippen LogP contribution in [0.1, 0.15) is 31.2 Å². The van der Waals surface area contributed by atoms with Gasteiger partial charge in [0.15, 0.2) is 0 Å². The Hall–Kier alpha value is -3.20. The maximum Gasteiger partial charge on any atom is 0.419 e. The maximum absolute atomic E-state index is 13.5. The summed E-state index contributed by atoms with van der Waals surface area (Å²) in [6.45, 7) is 0. The summed E-state index contributed by atoms with van der Waals surface area (Å²) < 4.78 is 54.8. The monoisotopic (exact) mass is 475 g/mol. The van der Waals surface area contributed by atoms with E-state index in [0.717, 1.165) is 36.3 Å². The Balaban J connectivity index is 1.70. The molecule has 1 N–H and O–H groups in total. The fourth-order valence-electron chi connectivity index (χ4n) is 4.17. The third-order valence-corrected chi connectivity index (χ3v) is 6.12. The van der Waals surface area contributed by atoms with Crippen molar-refractivity contribution in [1.82, 2.24) is 19.6 Å². The van der Waals surface area contributed by atoms with Crippen molar-refractivity contribution in [3.8, 4) is 22.5 Å². The summed E-state index contributed by atoms with van der Waals surface area (Å²) in [5, 5.41) is 7.14. The van der Waals surface area contributed by atoms with Gasteiger partial charge in [0.25, 0.3) is 0 Å². The number of anilines is 1. The van der Waals surface area contributed by atoms with Gasteiger partial charge in [-0.2, -0.15) is 18.3 Å².